The number of hydrogen-bond donors (Lipinski definition) is 2. The van der Waals surface area contributed by atoms with Crippen LogP contribution in [-0.4, -0.2) is 36.0 Å². The first-order valence-electron chi connectivity index (χ1n) is 6.79. The van der Waals surface area contributed by atoms with Crippen LogP contribution in [0.25, 0.3) is 0 Å². The van der Waals surface area contributed by atoms with Gasteiger partial charge in [-0.1, -0.05) is 13.8 Å². The lowest BCUT2D eigenvalue weighted by Crippen LogP contribution is -2.47. The minimum Gasteiger partial charge on any atom is -0.458 e. The molecule has 2 amide bonds. The molecule has 0 aromatic carbocycles. The standard InChI is InChI=1S/C14H26N2O4/c1-9(2)12(13(19)20-14(4,5)6)16-11(18)7-8-15-10(3)17/h9,12H,7-8H2,1-6H3,(H,15,17)(H,16,18)/t12-/m0/s1. The molecule has 1 atom stereocenters. The predicted molar refractivity (Wildman–Crippen MR) is 75.9 cm³/mol. The van der Waals surface area contributed by atoms with Crippen molar-refractivity contribution in [2.45, 2.75) is 59.6 Å². The summed E-state index contributed by atoms with van der Waals surface area (Å²) in [4.78, 5) is 34.5. The lowest BCUT2D eigenvalue weighted by Gasteiger charge is -2.26. The average Bonchev–Trinajstić information content (AvgIpc) is 2.22. The van der Waals surface area contributed by atoms with E-state index in [4.69, 9.17) is 4.74 Å². The SMILES string of the molecule is CC(=O)NCCC(=O)N[C@H](C(=O)OC(C)(C)C)C(C)C. The number of hydrogen-bond acceptors (Lipinski definition) is 4. The zero-order valence-electron chi connectivity index (χ0n) is 13.2. The van der Waals surface area contributed by atoms with Gasteiger partial charge in [0.1, 0.15) is 11.6 Å². The van der Waals surface area contributed by atoms with Gasteiger partial charge in [0.25, 0.3) is 0 Å². The fourth-order valence-electron chi connectivity index (χ4n) is 1.46. The van der Waals surface area contributed by atoms with Crippen LogP contribution in [0.1, 0.15) is 48.0 Å². The van der Waals surface area contributed by atoms with E-state index in [1.807, 2.05) is 13.8 Å². The molecule has 0 rings (SSSR count). The van der Waals surface area contributed by atoms with Crippen LogP contribution in [0.15, 0.2) is 0 Å². The van der Waals surface area contributed by atoms with Crippen LogP contribution in [0.3, 0.4) is 0 Å². The minimum absolute atomic E-state index is 0.0745. The Morgan fingerprint density at radius 3 is 2.10 bits per heavy atom. The zero-order chi connectivity index (χ0) is 15.9. The lowest BCUT2D eigenvalue weighted by molar-refractivity contribution is -0.160. The molecule has 0 fully saturated rings. The molecule has 2 N–H and O–H groups in total. The third kappa shape index (κ3) is 8.50. The Hall–Kier alpha value is -1.59. The highest BCUT2D eigenvalue weighted by molar-refractivity contribution is 5.85. The summed E-state index contributed by atoms with van der Waals surface area (Å²) in [7, 11) is 0. The van der Waals surface area contributed by atoms with Crippen molar-refractivity contribution in [3.63, 3.8) is 0 Å². The first-order valence-corrected chi connectivity index (χ1v) is 6.79. The van der Waals surface area contributed by atoms with Crippen LogP contribution in [-0.2, 0) is 19.1 Å². The van der Waals surface area contributed by atoms with E-state index in [2.05, 4.69) is 10.6 Å². The fraction of sp³-hybridized carbons (Fsp3) is 0.786. The van der Waals surface area contributed by atoms with Crippen molar-refractivity contribution in [3.8, 4) is 0 Å². The monoisotopic (exact) mass is 286 g/mol. The molecule has 0 saturated heterocycles. The lowest BCUT2D eigenvalue weighted by atomic mass is 10.0. The Balaban J connectivity index is 4.44. The number of carbonyl (C=O) groups excluding carboxylic acids is 3. The molecule has 0 aliphatic heterocycles. The van der Waals surface area contributed by atoms with E-state index >= 15 is 0 Å². The smallest absolute Gasteiger partial charge is 0.329 e. The Morgan fingerprint density at radius 2 is 1.70 bits per heavy atom. The Kier molecular flexibility index (Phi) is 7.24. The summed E-state index contributed by atoms with van der Waals surface area (Å²) in [5.74, 6) is -0.997. The van der Waals surface area contributed by atoms with Crippen molar-refractivity contribution in [1.82, 2.24) is 10.6 Å². The highest BCUT2D eigenvalue weighted by atomic mass is 16.6. The van der Waals surface area contributed by atoms with Gasteiger partial charge < -0.3 is 15.4 Å². The van der Waals surface area contributed by atoms with E-state index < -0.39 is 17.6 Å². The van der Waals surface area contributed by atoms with E-state index in [1.165, 1.54) is 6.92 Å². The van der Waals surface area contributed by atoms with Crippen LogP contribution < -0.4 is 10.6 Å². The normalized spacial score (nSPS) is 12.8. The first kappa shape index (κ1) is 18.4. The van der Waals surface area contributed by atoms with E-state index in [0.29, 0.717) is 0 Å². The van der Waals surface area contributed by atoms with Crippen LogP contribution in [0.5, 0.6) is 0 Å². The second-order valence-corrected chi connectivity index (χ2v) is 6.06. The quantitative estimate of drug-likeness (QED) is 0.713. The third-order valence-electron chi connectivity index (χ3n) is 2.37. The first-order chi connectivity index (χ1) is 9.03. The Morgan fingerprint density at radius 1 is 1.15 bits per heavy atom. The van der Waals surface area contributed by atoms with Crippen molar-refractivity contribution in [2.24, 2.45) is 5.92 Å². The molecule has 0 spiro atoms. The van der Waals surface area contributed by atoms with Crippen molar-refractivity contribution in [2.75, 3.05) is 6.54 Å². The molecule has 0 unspecified atom stereocenters. The molecular formula is C14H26N2O4. The second kappa shape index (κ2) is 7.87. The molecule has 0 aromatic heterocycles. The Labute approximate surface area is 120 Å². The molecular weight excluding hydrogens is 260 g/mol. The van der Waals surface area contributed by atoms with Crippen LogP contribution in [0.2, 0.25) is 0 Å². The molecule has 20 heavy (non-hydrogen) atoms. The van der Waals surface area contributed by atoms with Gasteiger partial charge in [0, 0.05) is 19.9 Å². The van der Waals surface area contributed by atoms with Gasteiger partial charge in [-0.2, -0.15) is 0 Å². The molecule has 6 nitrogen and oxygen atoms in total. The molecule has 6 heteroatoms. The highest BCUT2D eigenvalue weighted by Gasteiger charge is 2.28. The van der Waals surface area contributed by atoms with Gasteiger partial charge in [-0.15, -0.1) is 0 Å². The highest BCUT2D eigenvalue weighted by Crippen LogP contribution is 2.12. The number of esters is 1. The molecule has 0 aromatic rings. The van der Waals surface area contributed by atoms with E-state index in [9.17, 15) is 14.4 Å². The molecule has 0 heterocycles. The van der Waals surface area contributed by atoms with Gasteiger partial charge in [-0.05, 0) is 26.7 Å². The van der Waals surface area contributed by atoms with Gasteiger partial charge in [-0.3, -0.25) is 9.59 Å². The van der Waals surface area contributed by atoms with Gasteiger partial charge in [0.15, 0.2) is 0 Å². The predicted octanol–water partition coefficient (Wildman–Crippen LogP) is 0.995. The molecule has 0 aliphatic carbocycles. The Bertz CT molecular complexity index is 359. The number of amides is 2. The minimum atomic E-state index is -0.681. The molecule has 0 aliphatic rings. The van der Waals surface area contributed by atoms with Gasteiger partial charge in [0.2, 0.25) is 11.8 Å². The topological polar surface area (TPSA) is 84.5 Å². The largest absolute Gasteiger partial charge is 0.458 e. The van der Waals surface area contributed by atoms with Gasteiger partial charge >= 0.3 is 5.97 Å². The van der Waals surface area contributed by atoms with Crippen LogP contribution >= 0.6 is 0 Å². The maximum absolute atomic E-state index is 12.0. The molecule has 0 bridgehead atoms. The van der Waals surface area contributed by atoms with Crippen molar-refractivity contribution >= 4 is 17.8 Å². The summed E-state index contributed by atoms with van der Waals surface area (Å²) in [5, 5.41) is 5.18. The summed E-state index contributed by atoms with van der Waals surface area (Å²) in [6.07, 6.45) is 0.131. The summed E-state index contributed by atoms with van der Waals surface area (Å²) >= 11 is 0. The number of carbonyl (C=O) groups is 3. The summed E-state index contributed by atoms with van der Waals surface area (Å²) in [6.45, 7) is 10.6. The van der Waals surface area contributed by atoms with Crippen molar-refractivity contribution < 1.29 is 19.1 Å². The van der Waals surface area contributed by atoms with E-state index in [1.54, 1.807) is 20.8 Å². The van der Waals surface area contributed by atoms with Crippen LogP contribution in [0, 0.1) is 5.92 Å². The maximum atomic E-state index is 12.0. The number of nitrogens with one attached hydrogen (secondary N) is 2. The zero-order valence-corrected chi connectivity index (χ0v) is 13.2. The van der Waals surface area contributed by atoms with E-state index in [0.717, 1.165) is 0 Å². The van der Waals surface area contributed by atoms with Gasteiger partial charge in [0.05, 0.1) is 0 Å². The summed E-state index contributed by atoms with van der Waals surface area (Å²) < 4.78 is 5.28. The molecule has 116 valence electrons. The average molecular weight is 286 g/mol. The number of ether oxygens (including phenoxy) is 1. The molecule has 0 radical (unpaired) electrons. The van der Waals surface area contributed by atoms with E-state index in [-0.39, 0.29) is 30.7 Å². The van der Waals surface area contributed by atoms with Crippen molar-refractivity contribution in [3.05, 3.63) is 0 Å². The van der Waals surface area contributed by atoms with Crippen molar-refractivity contribution in [1.29, 1.82) is 0 Å². The van der Waals surface area contributed by atoms with Crippen LogP contribution in [0.4, 0.5) is 0 Å². The third-order valence-corrected chi connectivity index (χ3v) is 2.37. The number of rotatable bonds is 6. The molecule has 0 saturated carbocycles. The summed E-state index contributed by atoms with van der Waals surface area (Å²) in [5.41, 5.74) is -0.592. The van der Waals surface area contributed by atoms with Gasteiger partial charge in [-0.25, -0.2) is 4.79 Å². The summed E-state index contributed by atoms with van der Waals surface area (Å²) in [6, 6.07) is -0.681. The maximum Gasteiger partial charge on any atom is 0.329 e. The fourth-order valence-corrected chi connectivity index (χ4v) is 1.46. The second-order valence-electron chi connectivity index (χ2n) is 6.06.